The van der Waals surface area contributed by atoms with Gasteiger partial charge in [-0.05, 0) is 37.1 Å². The molecule has 1 saturated heterocycles. The maximum atomic E-state index is 14.0. The van der Waals surface area contributed by atoms with Gasteiger partial charge in [0.2, 0.25) is 0 Å². The molecule has 22 heavy (non-hydrogen) atoms. The molecule has 0 aliphatic carbocycles. The van der Waals surface area contributed by atoms with Crippen molar-refractivity contribution in [3.8, 4) is 0 Å². The smallest absolute Gasteiger partial charge is 0.128 e. The largest absolute Gasteiger partial charge is 0.392 e. The third-order valence-electron chi connectivity index (χ3n) is 4.08. The van der Waals surface area contributed by atoms with E-state index in [9.17, 15) is 13.9 Å². The minimum atomic E-state index is -0.521. The van der Waals surface area contributed by atoms with Crippen molar-refractivity contribution in [2.75, 3.05) is 13.1 Å². The van der Waals surface area contributed by atoms with Crippen LogP contribution in [-0.2, 0) is 6.54 Å². The Morgan fingerprint density at radius 3 is 2.86 bits per heavy atom. The molecule has 0 saturated carbocycles. The Hall–Kier alpha value is -1.79. The summed E-state index contributed by atoms with van der Waals surface area (Å²) in [4.78, 5) is 1.99. The van der Waals surface area contributed by atoms with E-state index in [1.54, 1.807) is 6.20 Å². The predicted molar refractivity (Wildman–Crippen MR) is 78.3 cm³/mol. The van der Waals surface area contributed by atoms with Crippen molar-refractivity contribution in [2.45, 2.75) is 32.0 Å². The quantitative estimate of drug-likeness (QED) is 0.942. The van der Waals surface area contributed by atoms with Crippen LogP contribution in [0.25, 0.3) is 0 Å². The molecule has 1 aliphatic rings. The molecular formula is C16H19F2N3O. The fourth-order valence-electron chi connectivity index (χ4n) is 3.04. The zero-order valence-electron chi connectivity index (χ0n) is 12.4. The summed E-state index contributed by atoms with van der Waals surface area (Å²) in [6.45, 7) is 3.70. The van der Waals surface area contributed by atoms with E-state index in [4.69, 9.17) is 0 Å². The van der Waals surface area contributed by atoms with Crippen LogP contribution < -0.4 is 0 Å². The number of β-amino-alcohol motifs (C(OH)–C–C–N with tert-alkyl or cyclic N) is 1. The zero-order valence-corrected chi connectivity index (χ0v) is 12.4. The molecule has 0 amide bonds. The summed E-state index contributed by atoms with van der Waals surface area (Å²) in [5.41, 5.74) is 1.39. The lowest BCUT2D eigenvalue weighted by atomic mass is 10.0. The van der Waals surface area contributed by atoms with Gasteiger partial charge in [0.15, 0.2) is 0 Å². The summed E-state index contributed by atoms with van der Waals surface area (Å²) in [5, 5.41) is 14.1. The lowest BCUT2D eigenvalue weighted by Gasteiger charge is -2.24. The number of aromatic nitrogens is 2. The Labute approximate surface area is 128 Å². The predicted octanol–water partition coefficient (Wildman–Crippen LogP) is 2.28. The average molecular weight is 307 g/mol. The Morgan fingerprint density at radius 2 is 2.14 bits per heavy atom. The second-order valence-corrected chi connectivity index (χ2v) is 5.85. The standard InChI is InChI=1S/C16H19F2N3O/c1-11-8-19-21(9-11)5-4-20-10-13(22)7-16(20)14-6-12(17)2-3-15(14)18/h2-3,6,8-9,13,16,22H,4-5,7,10H2,1H3. The molecule has 0 radical (unpaired) electrons. The Bertz CT molecular complexity index is 659. The summed E-state index contributed by atoms with van der Waals surface area (Å²) in [5.74, 6) is -0.888. The molecule has 1 aromatic carbocycles. The Balaban J connectivity index is 1.75. The maximum absolute atomic E-state index is 14.0. The zero-order chi connectivity index (χ0) is 15.7. The van der Waals surface area contributed by atoms with Gasteiger partial charge in [-0.3, -0.25) is 9.58 Å². The lowest BCUT2D eigenvalue weighted by Crippen LogP contribution is -2.29. The molecule has 4 nitrogen and oxygen atoms in total. The number of aliphatic hydroxyl groups excluding tert-OH is 1. The van der Waals surface area contributed by atoms with E-state index >= 15 is 0 Å². The first-order chi connectivity index (χ1) is 10.5. The number of hydrogen-bond acceptors (Lipinski definition) is 3. The molecule has 1 fully saturated rings. The van der Waals surface area contributed by atoms with Crippen molar-refractivity contribution in [2.24, 2.45) is 0 Å². The molecule has 1 N–H and O–H groups in total. The fourth-order valence-corrected chi connectivity index (χ4v) is 3.04. The molecule has 1 aromatic heterocycles. The summed E-state index contributed by atoms with van der Waals surface area (Å²) in [7, 11) is 0. The first-order valence-corrected chi connectivity index (χ1v) is 7.39. The van der Waals surface area contributed by atoms with Crippen LogP contribution in [0.5, 0.6) is 0 Å². The van der Waals surface area contributed by atoms with E-state index in [0.29, 0.717) is 31.6 Å². The van der Waals surface area contributed by atoms with Gasteiger partial charge in [-0.15, -0.1) is 0 Å². The van der Waals surface area contributed by atoms with Gasteiger partial charge in [0, 0.05) is 30.9 Å². The van der Waals surface area contributed by atoms with Crippen LogP contribution >= 0.6 is 0 Å². The van der Waals surface area contributed by atoms with Gasteiger partial charge in [-0.1, -0.05) is 0 Å². The second-order valence-electron chi connectivity index (χ2n) is 5.85. The van der Waals surface area contributed by atoms with Crippen molar-refractivity contribution in [3.63, 3.8) is 0 Å². The van der Waals surface area contributed by atoms with Crippen LogP contribution in [0.1, 0.15) is 23.6 Å². The summed E-state index contributed by atoms with van der Waals surface area (Å²) in [6, 6.07) is 3.18. The highest BCUT2D eigenvalue weighted by Gasteiger charge is 2.33. The molecular weight excluding hydrogens is 288 g/mol. The molecule has 2 heterocycles. The minimum Gasteiger partial charge on any atom is -0.392 e. The van der Waals surface area contributed by atoms with Gasteiger partial charge < -0.3 is 5.11 Å². The van der Waals surface area contributed by atoms with Crippen LogP contribution in [0.3, 0.4) is 0 Å². The molecule has 6 heteroatoms. The number of aliphatic hydroxyl groups is 1. The summed E-state index contributed by atoms with van der Waals surface area (Å²) < 4.78 is 29.2. The Kier molecular flexibility index (Phi) is 4.22. The van der Waals surface area contributed by atoms with Crippen molar-refractivity contribution in [3.05, 3.63) is 53.4 Å². The number of halogens is 2. The monoisotopic (exact) mass is 307 g/mol. The third-order valence-corrected chi connectivity index (χ3v) is 4.08. The van der Waals surface area contributed by atoms with Gasteiger partial charge in [-0.25, -0.2) is 8.78 Å². The van der Waals surface area contributed by atoms with Crippen molar-refractivity contribution in [1.82, 2.24) is 14.7 Å². The van der Waals surface area contributed by atoms with Crippen LogP contribution in [0.4, 0.5) is 8.78 Å². The molecule has 3 rings (SSSR count). The van der Waals surface area contributed by atoms with Crippen molar-refractivity contribution in [1.29, 1.82) is 0 Å². The van der Waals surface area contributed by atoms with Gasteiger partial charge >= 0.3 is 0 Å². The molecule has 2 atom stereocenters. The number of nitrogens with zero attached hydrogens (tertiary/aromatic N) is 3. The lowest BCUT2D eigenvalue weighted by molar-refractivity contribution is 0.172. The Morgan fingerprint density at radius 1 is 1.32 bits per heavy atom. The molecule has 118 valence electrons. The first-order valence-electron chi connectivity index (χ1n) is 7.39. The van der Waals surface area contributed by atoms with E-state index in [1.807, 2.05) is 22.7 Å². The number of hydrogen-bond donors (Lipinski definition) is 1. The highest BCUT2D eigenvalue weighted by atomic mass is 19.1. The average Bonchev–Trinajstić information content (AvgIpc) is 3.05. The number of benzene rings is 1. The maximum Gasteiger partial charge on any atom is 0.128 e. The van der Waals surface area contributed by atoms with Crippen molar-refractivity contribution >= 4 is 0 Å². The normalized spacial score (nSPS) is 22.4. The molecule has 2 aromatic rings. The van der Waals surface area contributed by atoms with Gasteiger partial charge in [0.05, 0.1) is 18.8 Å². The van der Waals surface area contributed by atoms with Gasteiger partial charge in [-0.2, -0.15) is 5.10 Å². The molecule has 0 spiro atoms. The summed E-state index contributed by atoms with van der Waals surface area (Å²) >= 11 is 0. The van der Waals surface area contributed by atoms with Crippen LogP contribution in [0.2, 0.25) is 0 Å². The van der Waals surface area contributed by atoms with Crippen LogP contribution in [0, 0.1) is 18.6 Å². The van der Waals surface area contributed by atoms with Crippen LogP contribution in [-0.4, -0.2) is 39.0 Å². The topological polar surface area (TPSA) is 41.3 Å². The second kappa shape index (κ2) is 6.14. The molecule has 2 unspecified atom stereocenters. The fraction of sp³-hybridized carbons (Fsp3) is 0.438. The van der Waals surface area contributed by atoms with E-state index in [1.165, 1.54) is 6.07 Å². The van der Waals surface area contributed by atoms with Crippen molar-refractivity contribution < 1.29 is 13.9 Å². The van der Waals surface area contributed by atoms with Gasteiger partial charge in [0.1, 0.15) is 11.6 Å². The highest BCUT2D eigenvalue weighted by Crippen LogP contribution is 2.33. The summed E-state index contributed by atoms with van der Waals surface area (Å²) in [6.07, 6.45) is 3.61. The minimum absolute atomic E-state index is 0.303. The van der Waals surface area contributed by atoms with E-state index in [2.05, 4.69) is 5.10 Å². The molecule has 1 aliphatic heterocycles. The highest BCUT2D eigenvalue weighted by molar-refractivity contribution is 5.23. The van der Waals surface area contributed by atoms with E-state index in [-0.39, 0.29) is 6.04 Å². The SMILES string of the molecule is Cc1cnn(CCN2CC(O)CC2c2cc(F)ccc2F)c1. The molecule has 0 bridgehead atoms. The van der Waals surface area contributed by atoms with E-state index in [0.717, 1.165) is 17.7 Å². The van der Waals surface area contributed by atoms with Crippen LogP contribution in [0.15, 0.2) is 30.6 Å². The number of aryl methyl sites for hydroxylation is 1. The first kappa shape index (κ1) is 15.1. The van der Waals surface area contributed by atoms with E-state index < -0.39 is 17.7 Å². The third kappa shape index (κ3) is 3.18. The number of rotatable bonds is 4. The number of likely N-dealkylation sites (tertiary alicyclic amines) is 1. The van der Waals surface area contributed by atoms with Gasteiger partial charge in [0.25, 0.3) is 0 Å².